The first-order valence-corrected chi connectivity index (χ1v) is 9.38. The van der Waals surface area contributed by atoms with Gasteiger partial charge in [0.05, 0.1) is 0 Å². The summed E-state index contributed by atoms with van der Waals surface area (Å²) in [5, 5.41) is 14.0. The zero-order valence-electron chi connectivity index (χ0n) is 17.2. The van der Waals surface area contributed by atoms with E-state index in [-0.39, 0.29) is 0 Å². The van der Waals surface area contributed by atoms with E-state index < -0.39 is 42.0 Å². The van der Waals surface area contributed by atoms with Crippen molar-refractivity contribution in [2.45, 2.75) is 38.6 Å². The van der Waals surface area contributed by atoms with Crippen LogP contribution in [0.4, 0.5) is 13.2 Å². The van der Waals surface area contributed by atoms with Crippen molar-refractivity contribution in [1.29, 1.82) is 0 Å². The summed E-state index contributed by atoms with van der Waals surface area (Å²) >= 11 is 0. The van der Waals surface area contributed by atoms with Crippen molar-refractivity contribution in [2.75, 3.05) is 6.54 Å². The summed E-state index contributed by atoms with van der Waals surface area (Å²) in [5.74, 6) is -3.32. The molecule has 2 aromatic carbocycles. The molecule has 0 saturated carbocycles. The number of rotatable bonds is 7. The zero-order chi connectivity index (χ0) is 23.4. The lowest BCUT2D eigenvalue weighted by molar-refractivity contribution is -0.158. The zero-order valence-corrected chi connectivity index (χ0v) is 17.2. The number of ketones is 1. The summed E-state index contributed by atoms with van der Waals surface area (Å²) in [6.45, 7) is 2.15. The molecule has 2 amide bonds. The molecule has 0 heterocycles. The smallest absolute Gasteiger partial charge is 0.372 e. The molecule has 0 aliphatic rings. The Morgan fingerprint density at radius 2 is 1.52 bits per heavy atom. The highest BCUT2D eigenvalue weighted by atomic mass is 19.4. The van der Waals surface area contributed by atoms with Gasteiger partial charge in [-0.15, -0.1) is 0 Å². The monoisotopic (exact) mass is 436 g/mol. The van der Waals surface area contributed by atoms with E-state index in [0.29, 0.717) is 11.1 Å². The first kappa shape index (κ1) is 24.1. The van der Waals surface area contributed by atoms with Crippen LogP contribution in [0.2, 0.25) is 0 Å². The van der Waals surface area contributed by atoms with Crippen molar-refractivity contribution in [3.63, 3.8) is 0 Å². The third-order valence-corrected chi connectivity index (χ3v) is 4.72. The minimum atomic E-state index is -4.71. The van der Waals surface area contributed by atoms with Gasteiger partial charge in [0.25, 0.3) is 11.8 Å². The van der Waals surface area contributed by atoms with Gasteiger partial charge >= 0.3 is 6.18 Å². The summed E-state index contributed by atoms with van der Waals surface area (Å²) in [6, 6.07) is 12.9. The Hall–Kier alpha value is -3.20. The molecular formula is C22H23F3N2O4. The fraction of sp³-hybridized carbons (Fsp3) is 0.318. The van der Waals surface area contributed by atoms with Gasteiger partial charge in [-0.1, -0.05) is 48.5 Å². The second-order valence-corrected chi connectivity index (χ2v) is 7.29. The summed E-state index contributed by atoms with van der Waals surface area (Å²) in [6.07, 6.45) is -4.71. The van der Waals surface area contributed by atoms with Crippen molar-refractivity contribution in [3.8, 4) is 11.1 Å². The Morgan fingerprint density at radius 3 is 2.06 bits per heavy atom. The van der Waals surface area contributed by atoms with Crippen molar-refractivity contribution >= 4 is 17.6 Å². The minimum Gasteiger partial charge on any atom is -0.372 e. The van der Waals surface area contributed by atoms with E-state index in [2.05, 4.69) is 5.32 Å². The third kappa shape index (κ3) is 5.91. The van der Waals surface area contributed by atoms with Crippen molar-refractivity contribution in [2.24, 2.45) is 0 Å². The summed E-state index contributed by atoms with van der Waals surface area (Å²) in [4.78, 5) is 36.9. The first-order chi connectivity index (χ1) is 14.3. The highest BCUT2D eigenvalue weighted by molar-refractivity contribution is 6.08. The highest BCUT2D eigenvalue weighted by Gasteiger charge is 2.42. The van der Waals surface area contributed by atoms with Crippen LogP contribution in [0.5, 0.6) is 0 Å². The van der Waals surface area contributed by atoms with Crippen LogP contribution in [-0.4, -0.2) is 41.0 Å². The van der Waals surface area contributed by atoms with E-state index in [1.807, 2.05) is 31.2 Å². The maximum Gasteiger partial charge on any atom is 0.405 e. The number of carbonyl (C=O) groups is 3. The van der Waals surface area contributed by atoms with Gasteiger partial charge in [0, 0.05) is 0 Å². The Labute approximate surface area is 177 Å². The number of amides is 2. The third-order valence-electron chi connectivity index (χ3n) is 4.72. The maximum atomic E-state index is 12.6. The van der Waals surface area contributed by atoms with Crippen LogP contribution >= 0.6 is 0 Å². The molecule has 9 heteroatoms. The number of carbonyl (C=O) groups excluding carboxylic acids is 3. The van der Waals surface area contributed by atoms with E-state index in [1.54, 1.807) is 24.3 Å². The summed E-state index contributed by atoms with van der Waals surface area (Å²) in [5.41, 5.74) is -0.0156. The van der Waals surface area contributed by atoms with E-state index >= 15 is 0 Å². The van der Waals surface area contributed by atoms with Crippen LogP contribution in [0.25, 0.3) is 11.1 Å². The molecule has 0 aliphatic carbocycles. The molecule has 2 unspecified atom stereocenters. The minimum absolute atomic E-state index is 0.421. The topological polar surface area (TPSA) is 95.5 Å². The molecule has 0 saturated heterocycles. The van der Waals surface area contributed by atoms with Gasteiger partial charge in [-0.2, -0.15) is 13.2 Å². The van der Waals surface area contributed by atoms with Gasteiger partial charge in [-0.3, -0.25) is 14.4 Å². The average Bonchev–Trinajstić information content (AvgIpc) is 2.69. The molecule has 0 radical (unpaired) electrons. The van der Waals surface area contributed by atoms with Crippen LogP contribution in [0.3, 0.4) is 0 Å². The van der Waals surface area contributed by atoms with Crippen molar-refractivity contribution in [3.05, 3.63) is 59.7 Å². The number of Topliss-reactive ketones (excluding diaryl/α,β-unsaturated/α-hetero) is 1. The van der Waals surface area contributed by atoms with Crippen LogP contribution in [0.1, 0.15) is 31.0 Å². The molecule has 6 nitrogen and oxygen atoms in total. The Bertz CT molecular complexity index is 987. The second-order valence-electron chi connectivity index (χ2n) is 7.29. The first-order valence-electron chi connectivity index (χ1n) is 9.38. The van der Waals surface area contributed by atoms with E-state index in [1.165, 1.54) is 12.2 Å². The van der Waals surface area contributed by atoms with E-state index in [0.717, 1.165) is 18.1 Å². The molecule has 0 spiro atoms. The van der Waals surface area contributed by atoms with Crippen LogP contribution < -0.4 is 10.6 Å². The van der Waals surface area contributed by atoms with Gasteiger partial charge in [0.15, 0.2) is 5.78 Å². The number of aliphatic hydroxyl groups is 1. The number of aryl methyl sites for hydroxylation is 1. The molecule has 0 aromatic heterocycles. The number of nitrogens with one attached hydrogen (secondary N) is 2. The summed E-state index contributed by atoms with van der Waals surface area (Å²) in [7, 11) is 0. The molecule has 3 N–H and O–H groups in total. The van der Waals surface area contributed by atoms with Crippen LogP contribution in [-0.2, 0) is 14.4 Å². The van der Waals surface area contributed by atoms with E-state index in [9.17, 15) is 32.7 Å². The molecule has 2 aromatic rings. The molecule has 0 bridgehead atoms. The summed E-state index contributed by atoms with van der Waals surface area (Å²) < 4.78 is 37.0. The SMILES string of the molecule is CC(=O)C(NC(=O)C(C)(O)C(=O)NCC(F)(F)F)c1ccccc1-c1ccccc1C. The lowest BCUT2D eigenvalue weighted by Gasteiger charge is -2.26. The number of halogens is 3. The van der Waals surface area contributed by atoms with E-state index in [4.69, 9.17) is 0 Å². The predicted octanol–water partition coefficient (Wildman–Crippen LogP) is 2.84. The van der Waals surface area contributed by atoms with Crippen molar-refractivity contribution < 1.29 is 32.7 Å². The van der Waals surface area contributed by atoms with Gasteiger partial charge in [0.2, 0.25) is 5.60 Å². The molecule has 0 fully saturated rings. The Balaban J connectivity index is 2.35. The van der Waals surface area contributed by atoms with Gasteiger partial charge in [-0.05, 0) is 43.0 Å². The Kier molecular flexibility index (Phi) is 7.22. The molecule has 2 atom stereocenters. The lowest BCUT2D eigenvalue weighted by atomic mass is 9.90. The van der Waals surface area contributed by atoms with Crippen LogP contribution in [0, 0.1) is 6.92 Å². The molecule has 2 rings (SSSR count). The molecule has 166 valence electrons. The van der Waals surface area contributed by atoms with Crippen molar-refractivity contribution in [1.82, 2.24) is 10.6 Å². The number of alkyl halides is 3. The standard InChI is InChI=1S/C22H23F3N2O4/c1-13-8-4-5-9-15(13)16-10-6-7-11-17(16)18(14(2)28)27-20(30)21(3,31)19(29)26-12-22(23,24)25/h4-11,18,31H,12H2,1-3H3,(H,26,29)(H,27,30). The molecule has 0 aliphatic heterocycles. The predicted molar refractivity (Wildman–Crippen MR) is 108 cm³/mol. The maximum absolute atomic E-state index is 12.6. The van der Waals surface area contributed by atoms with Gasteiger partial charge in [-0.25, -0.2) is 0 Å². The van der Waals surface area contributed by atoms with Gasteiger partial charge in [0.1, 0.15) is 12.6 Å². The van der Waals surface area contributed by atoms with Gasteiger partial charge < -0.3 is 15.7 Å². The normalized spacial score (nSPS) is 14.3. The second kappa shape index (κ2) is 9.30. The fourth-order valence-corrected chi connectivity index (χ4v) is 2.99. The molecule has 31 heavy (non-hydrogen) atoms. The number of benzene rings is 2. The fourth-order valence-electron chi connectivity index (χ4n) is 2.99. The number of hydrogen-bond acceptors (Lipinski definition) is 4. The number of hydrogen-bond donors (Lipinski definition) is 3. The average molecular weight is 436 g/mol. The molecular weight excluding hydrogens is 413 g/mol. The highest BCUT2D eigenvalue weighted by Crippen LogP contribution is 2.31. The van der Waals surface area contributed by atoms with Crippen LogP contribution in [0.15, 0.2) is 48.5 Å². The largest absolute Gasteiger partial charge is 0.405 e. The lowest BCUT2D eigenvalue weighted by Crippen LogP contribution is -2.57. The Morgan fingerprint density at radius 1 is 0.968 bits per heavy atom. The quantitative estimate of drug-likeness (QED) is 0.582.